The summed E-state index contributed by atoms with van der Waals surface area (Å²) in [6, 6.07) is 10.9. The van der Waals surface area contributed by atoms with E-state index >= 15 is 0 Å². The molecule has 2 heterocycles. The summed E-state index contributed by atoms with van der Waals surface area (Å²) >= 11 is 0. The van der Waals surface area contributed by atoms with Crippen LogP contribution < -0.4 is 22.1 Å². The van der Waals surface area contributed by atoms with Crippen molar-refractivity contribution in [2.24, 2.45) is 11.5 Å². The van der Waals surface area contributed by atoms with E-state index in [2.05, 4.69) is 26.8 Å². The SMILES string of the molecule is NCc1cccc(Nc2cc(N[C@H]3CC[C@H](N)CC3)nn3ccnc23)c1. The van der Waals surface area contributed by atoms with Gasteiger partial charge in [-0.2, -0.15) is 0 Å². The zero-order valence-electron chi connectivity index (χ0n) is 14.7. The summed E-state index contributed by atoms with van der Waals surface area (Å²) in [5.74, 6) is 0.841. The average Bonchev–Trinajstić information content (AvgIpc) is 3.13. The second-order valence-electron chi connectivity index (χ2n) is 6.92. The molecule has 26 heavy (non-hydrogen) atoms. The highest BCUT2D eigenvalue weighted by Gasteiger charge is 2.19. The largest absolute Gasteiger partial charge is 0.366 e. The Kier molecular flexibility index (Phi) is 4.73. The third-order valence-corrected chi connectivity index (χ3v) is 4.92. The Morgan fingerprint density at radius 3 is 2.81 bits per heavy atom. The minimum Gasteiger partial charge on any atom is -0.366 e. The van der Waals surface area contributed by atoms with E-state index in [1.165, 1.54) is 0 Å². The number of hydrogen-bond acceptors (Lipinski definition) is 6. The van der Waals surface area contributed by atoms with Crippen LogP contribution in [0.1, 0.15) is 31.2 Å². The number of aromatic nitrogens is 3. The Labute approximate surface area is 152 Å². The van der Waals surface area contributed by atoms with E-state index in [0.29, 0.717) is 18.6 Å². The number of imidazole rings is 1. The van der Waals surface area contributed by atoms with E-state index in [0.717, 1.165) is 54.1 Å². The van der Waals surface area contributed by atoms with E-state index in [9.17, 15) is 0 Å². The summed E-state index contributed by atoms with van der Waals surface area (Å²) in [4.78, 5) is 4.42. The van der Waals surface area contributed by atoms with Crippen LogP contribution >= 0.6 is 0 Å². The predicted octanol–water partition coefficient (Wildman–Crippen LogP) is 2.61. The van der Waals surface area contributed by atoms with Gasteiger partial charge >= 0.3 is 0 Å². The van der Waals surface area contributed by atoms with Gasteiger partial charge in [0.25, 0.3) is 0 Å². The van der Waals surface area contributed by atoms with Gasteiger partial charge in [0.15, 0.2) is 5.65 Å². The van der Waals surface area contributed by atoms with Crippen molar-refractivity contribution in [2.75, 3.05) is 10.6 Å². The van der Waals surface area contributed by atoms with Crippen LogP contribution in [0.25, 0.3) is 5.65 Å². The Morgan fingerprint density at radius 1 is 1.15 bits per heavy atom. The van der Waals surface area contributed by atoms with Crippen molar-refractivity contribution >= 4 is 22.8 Å². The summed E-state index contributed by atoms with van der Waals surface area (Å²) in [5.41, 5.74) is 15.5. The van der Waals surface area contributed by atoms with Gasteiger partial charge < -0.3 is 22.1 Å². The van der Waals surface area contributed by atoms with E-state index in [4.69, 9.17) is 11.5 Å². The van der Waals surface area contributed by atoms with Crippen LogP contribution in [-0.4, -0.2) is 26.7 Å². The van der Waals surface area contributed by atoms with Crippen molar-refractivity contribution in [1.29, 1.82) is 0 Å². The van der Waals surface area contributed by atoms with Gasteiger partial charge in [-0.1, -0.05) is 12.1 Å². The molecule has 0 amide bonds. The Bertz CT molecular complexity index is 880. The van der Waals surface area contributed by atoms with Crippen LogP contribution in [0, 0.1) is 0 Å². The normalized spacial score (nSPS) is 20.2. The summed E-state index contributed by atoms with van der Waals surface area (Å²) in [6.07, 6.45) is 7.88. The zero-order chi connectivity index (χ0) is 17.9. The molecule has 6 N–H and O–H groups in total. The van der Waals surface area contributed by atoms with Gasteiger partial charge in [-0.3, -0.25) is 0 Å². The van der Waals surface area contributed by atoms with Crippen molar-refractivity contribution in [3.05, 3.63) is 48.3 Å². The molecule has 1 aliphatic carbocycles. The molecule has 0 radical (unpaired) electrons. The lowest BCUT2D eigenvalue weighted by Crippen LogP contribution is -2.33. The Balaban J connectivity index is 1.60. The van der Waals surface area contributed by atoms with Crippen LogP contribution in [0.15, 0.2) is 42.7 Å². The second-order valence-corrected chi connectivity index (χ2v) is 6.92. The van der Waals surface area contributed by atoms with Crippen LogP contribution in [0.3, 0.4) is 0 Å². The molecule has 1 aliphatic rings. The molecular formula is C19H25N7. The summed E-state index contributed by atoms with van der Waals surface area (Å²) in [6.45, 7) is 0.515. The topological polar surface area (TPSA) is 106 Å². The van der Waals surface area contributed by atoms with Crippen molar-refractivity contribution in [3.63, 3.8) is 0 Å². The number of nitrogens with one attached hydrogen (secondary N) is 2. The molecule has 2 aromatic heterocycles. The van der Waals surface area contributed by atoms with Crippen molar-refractivity contribution in [2.45, 2.75) is 44.3 Å². The maximum atomic E-state index is 6.01. The molecule has 0 spiro atoms. The molecule has 136 valence electrons. The van der Waals surface area contributed by atoms with Crippen LogP contribution in [-0.2, 0) is 6.54 Å². The fraction of sp³-hybridized carbons (Fsp3) is 0.368. The first-order valence-corrected chi connectivity index (χ1v) is 9.14. The van der Waals surface area contributed by atoms with Crippen molar-refractivity contribution in [3.8, 4) is 0 Å². The molecular weight excluding hydrogens is 326 g/mol. The number of nitrogens with zero attached hydrogens (tertiary/aromatic N) is 3. The molecule has 0 saturated heterocycles. The second kappa shape index (κ2) is 7.31. The number of anilines is 3. The number of rotatable bonds is 5. The maximum absolute atomic E-state index is 6.01. The molecule has 0 atom stereocenters. The first kappa shape index (κ1) is 16.8. The number of hydrogen-bond donors (Lipinski definition) is 4. The quantitative estimate of drug-likeness (QED) is 0.563. The molecule has 7 nitrogen and oxygen atoms in total. The van der Waals surface area contributed by atoms with E-state index < -0.39 is 0 Å². The standard InChI is InChI=1S/C19H25N7/c20-12-13-2-1-3-16(10-13)23-17-11-18(25-26-9-8-22-19(17)26)24-15-6-4-14(21)5-7-15/h1-3,8-11,14-15,23H,4-7,12,20-21H2,(H,24,25)/t14-,15-. The smallest absolute Gasteiger partial charge is 0.177 e. The first-order chi connectivity index (χ1) is 12.7. The molecule has 1 saturated carbocycles. The number of nitrogens with two attached hydrogens (primary N) is 2. The highest BCUT2D eigenvalue weighted by atomic mass is 15.3. The monoisotopic (exact) mass is 351 g/mol. The minimum atomic E-state index is 0.337. The third-order valence-electron chi connectivity index (χ3n) is 4.92. The lowest BCUT2D eigenvalue weighted by molar-refractivity contribution is 0.410. The lowest BCUT2D eigenvalue weighted by Gasteiger charge is -2.27. The van der Waals surface area contributed by atoms with Crippen LogP contribution in [0.2, 0.25) is 0 Å². The van der Waals surface area contributed by atoms with Gasteiger partial charge in [0.05, 0.1) is 5.69 Å². The average molecular weight is 351 g/mol. The van der Waals surface area contributed by atoms with E-state index in [1.807, 2.05) is 30.5 Å². The number of benzene rings is 1. The third kappa shape index (κ3) is 3.63. The van der Waals surface area contributed by atoms with Gasteiger partial charge in [-0.15, -0.1) is 5.10 Å². The van der Waals surface area contributed by atoms with Gasteiger partial charge in [0.1, 0.15) is 5.82 Å². The van der Waals surface area contributed by atoms with Crippen molar-refractivity contribution < 1.29 is 0 Å². The van der Waals surface area contributed by atoms with Gasteiger partial charge in [-0.25, -0.2) is 9.50 Å². The molecule has 4 rings (SSSR count). The van der Waals surface area contributed by atoms with E-state index in [-0.39, 0.29) is 0 Å². The summed E-state index contributed by atoms with van der Waals surface area (Å²) in [5, 5.41) is 11.6. The predicted molar refractivity (Wildman–Crippen MR) is 104 cm³/mol. The highest BCUT2D eigenvalue weighted by Crippen LogP contribution is 2.26. The fourth-order valence-electron chi connectivity index (χ4n) is 3.48. The zero-order valence-corrected chi connectivity index (χ0v) is 14.7. The molecule has 0 unspecified atom stereocenters. The molecule has 1 aromatic carbocycles. The van der Waals surface area contributed by atoms with Crippen molar-refractivity contribution in [1.82, 2.24) is 14.6 Å². The molecule has 3 aromatic rings. The minimum absolute atomic E-state index is 0.337. The van der Waals surface area contributed by atoms with Crippen LogP contribution in [0.5, 0.6) is 0 Å². The number of fused-ring (bicyclic) bond motifs is 1. The molecule has 7 heteroatoms. The summed E-state index contributed by atoms with van der Waals surface area (Å²) in [7, 11) is 0. The summed E-state index contributed by atoms with van der Waals surface area (Å²) < 4.78 is 1.80. The molecule has 0 bridgehead atoms. The van der Waals surface area contributed by atoms with Gasteiger partial charge in [0.2, 0.25) is 0 Å². The molecule has 1 fully saturated rings. The van der Waals surface area contributed by atoms with Gasteiger partial charge in [0, 0.05) is 42.8 Å². The highest BCUT2D eigenvalue weighted by molar-refractivity contribution is 5.76. The lowest BCUT2D eigenvalue weighted by atomic mass is 9.92. The molecule has 0 aliphatic heterocycles. The maximum Gasteiger partial charge on any atom is 0.177 e. The Hall–Kier alpha value is -2.64. The Morgan fingerprint density at radius 2 is 2.00 bits per heavy atom. The van der Waals surface area contributed by atoms with E-state index in [1.54, 1.807) is 10.7 Å². The fourth-order valence-corrected chi connectivity index (χ4v) is 3.48. The van der Waals surface area contributed by atoms with Gasteiger partial charge in [-0.05, 0) is 43.4 Å². The first-order valence-electron chi connectivity index (χ1n) is 9.14. The van der Waals surface area contributed by atoms with Crippen LogP contribution in [0.4, 0.5) is 17.2 Å².